The average Bonchev–Trinajstić information content (AvgIpc) is 3.23. The van der Waals surface area contributed by atoms with Crippen LogP contribution in [0.3, 0.4) is 0 Å². The number of hydrogen-bond donors (Lipinski definition) is 2. The third kappa shape index (κ3) is 3.79. The maximum atomic E-state index is 13.0. The molecule has 3 aromatic rings. The minimum atomic E-state index is -0.533. The first kappa shape index (κ1) is 19.7. The van der Waals surface area contributed by atoms with Crippen molar-refractivity contribution in [1.29, 1.82) is 0 Å². The molecule has 2 N–H and O–H groups in total. The van der Waals surface area contributed by atoms with Crippen molar-refractivity contribution in [2.75, 3.05) is 26.2 Å². The standard InChI is InChI=1S/C23H26N6O2/c30-21(28-12-7-23(8-13-28)22(31)24-9-10-27-23)18-14-19-20(25-15-18)29(16-26-19)11-6-17-4-2-1-3-5-17/h1-5,14-16,27H,6-13H2,(H,24,31). The predicted octanol–water partition coefficient (Wildman–Crippen LogP) is 1.37. The smallest absolute Gasteiger partial charge is 0.255 e. The van der Waals surface area contributed by atoms with Crippen LogP contribution in [-0.2, 0) is 17.8 Å². The first-order valence-electron chi connectivity index (χ1n) is 10.8. The number of aryl methyl sites for hydroxylation is 2. The largest absolute Gasteiger partial charge is 0.353 e. The summed E-state index contributed by atoms with van der Waals surface area (Å²) in [6, 6.07) is 12.1. The fraction of sp³-hybridized carbons (Fsp3) is 0.391. The van der Waals surface area contributed by atoms with Gasteiger partial charge in [-0.05, 0) is 30.9 Å². The highest BCUT2D eigenvalue weighted by molar-refractivity contribution is 5.96. The van der Waals surface area contributed by atoms with Gasteiger partial charge < -0.3 is 20.1 Å². The number of benzene rings is 1. The quantitative estimate of drug-likeness (QED) is 0.668. The number of hydrogen-bond acceptors (Lipinski definition) is 5. The number of carbonyl (C=O) groups is 2. The highest BCUT2D eigenvalue weighted by atomic mass is 16.2. The minimum Gasteiger partial charge on any atom is -0.353 e. The van der Waals surface area contributed by atoms with Crippen LogP contribution in [-0.4, -0.2) is 63.0 Å². The predicted molar refractivity (Wildman–Crippen MR) is 117 cm³/mol. The molecule has 1 aromatic carbocycles. The average molecular weight is 419 g/mol. The molecule has 2 fully saturated rings. The second-order valence-corrected chi connectivity index (χ2v) is 8.30. The normalized spacial score (nSPS) is 18.3. The fourth-order valence-electron chi connectivity index (χ4n) is 4.53. The molecule has 2 aliphatic rings. The number of nitrogens with zero attached hydrogens (tertiary/aromatic N) is 4. The van der Waals surface area contributed by atoms with Gasteiger partial charge in [0.1, 0.15) is 11.1 Å². The van der Waals surface area contributed by atoms with E-state index in [2.05, 4.69) is 32.7 Å². The second kappa shape index (κ2) is 8.11. The molecule has 2 amide bonds. The highest BCUT2D eigenvalue weighted by Crippen LogP contribution is 2.25. The SMILES string of the molecule is O=C(c1cnc2c(c1)ncn2CCc1ccccc1)N1CCC2(CC1)NCCNC2=O. The van der Waals surface area contributed by atoms with Gasteiger partial charge in [0.2, 0.25) is 5.91 Å². The summed E-state index contributed by atoms with van der Waals surface area (Å²) in [7, 11) is 0. The second-order valence-electron chi connectivity index (χ2n) is 8.30. The Kier molecular flexibility index (Phi) is 5.15. The number of amides is 2. The van der Waals surface area contributed by atoms with Crippen molar-refractivity contribution < 1.29 is 9.59 Å². The number of piperazine rings is 1. The van der Waals surface area contributed by atoms with Crippen molar-refractivity contribution >= 4 is 23.0 Å². The molecule has 2 aliphatic heterocycles. The summed E-state index contributed by atoms with van der Waals surface area (Å²) in [6.07, 6.45) is 5.56. The summed E-state index contributed by atoms with van der Waals surface area (Å²) in [5.74, 6) is -0.00530. The van der Waals surface area contributed by atoms with Gasteiger partial charge in [-0.1, -0.05) is 30.3 Å². The summed E-state index contributed by atoms with van der Waals surface area (Å²) in [6.45, 7) is 3.30. The molecule has 1 spiro atoms. The van der Waals surface area contributed by atoms with E-state index in [1.165, 1.54) is 5.56 Å². The van der Waals surface area contributed by atoms with Crippen LogP contribution in [0.2, 0.25) is 0 Å². The van der Waals surface area contributed by atoms with Gasteiger partial charge in [0.15, 0.2) is 5.65 Å². The molecule has 2 aromatic heterocycles. The van der Waals surface area contributed by atoms with Crippen LogP contribution in [0, 0.1) is 0 Å². The van der Waals surface area contributed by atoms with E-state index in [0.29, 0.717) is 38.0 Å². The van der Waals surface area contributed by atoms with E-state index in [0.717, 1.165) is 30.7 Å². The van der Waals surface area contributed by atoms with Gasteiger partial charge in [0, 0.05) is 38.9 Å². The monoisotopic (exact) mass is 418 g/mol. The number of aromatic nitrogens is 3. The van der Waals surface area contributed by atoms with Crippen LogP contribution in [0.4, 0.5) is 0 Å². The van der Waals surface area contributed by atoms with Crippen molar-refractivity contribution in [1.82, 2.24) is 30.1 Å². The Morgan fingerprint density at radius 1 is 1.10 bits per heavy atom. The Hall–Kier alpha value is -3.26. The van der Waals surface area contributed by atoms with Crippen LogP contribution in [0.15, 0.2) is 48.9 Å². The molecule has 31 heavy (non-hydrogen) atoms. The lowest BCUT2D eigenvalue weighted by molar-refractivity contribution is -0.131. The molecule has 0 aliphatic carbocycles. The molecule has 0 saturated carbocycles. The van der Waals surface area contributed by atoms with Gasteiger partial charge >= 0.3 is 0 Å². The highest BCUT2D eigenvalue weighted by Gasteiger charge is 2.43. The molecule has 160 valence electrons. The summed E-state index contributed by atoms with van der Waals surface area (Å²) in [5, 5.41) is 6.29. The Bertz CT molecular complexity index is 1100. The lowest BCUT2D eigenvalue weighted by Crippen LogP contribution is -2.66. The molecule has 0 atom stereocenters. The summed E-state index contributed by atoms with van der Waals surface area (Å²) in [4.78, 5) is 36.2. The minimum absolute atomic E-state index is 0.0509. The van der Waals surface area contributed by atoms with E-state index < -0.39 is 5.54 Å². The molecule has 0 radical (unpaired) electrons. The van der Waals surface area contributed by atoms with Crippen LogP contribution in [0.1, 0.15) is 28.8 Å². The summed E-state index contributed by atoms with van der Waals surface area (Å²) >= 11 is 0. The lowest BCUT2D eigenvalue weighted by Gasteiger charge is -2.43. The van der Waals surface area contributed by atoms with Crippen molar-refractivity contribution in [2.24, 2.45) is 0 Å². The number of likely N-dealkylation sites (tertiary alicyclic amines) is 1. The Morgan fingerprint density at radius 3 is 2.68 bits per heavy atom. The van der Waals surface area contributed by atoms with Crippen LogP contribution in [0.25, 0.3) is 11.2 Å². The zero-order valence-electron chi connectivity index (χ0n) is 17.4. The third-order valence-corrected chi connectivity index (χ3v) is 6.40. The van der Waals surface area contributed by atoms with Crippen molar-refractivity contribution in [2.45, 2.75) is 31.3 Å². The molecule has 2 saturated heterocycles. The van der Waals surface area contributed by atoms with Gasteiger partial charge in [0.05, 0.1) is 11.9 Å². The Balaban J connectivity index is 1.26. The zero-order valence-corrected chi connectivity index (χ0v) is 17.4. The first-order chi connectivity index (χ1) is 15.1. The maximum absolute atomic E-state index is 13.0. The summed E-state index contributed by atoms with van der Waals surface area (Å²) < 4.78 is 2.02. The van der Waals surface area contributed by atoms with E-state index in [9.17, 15) is 9.59 Å². The molecule has 4 heterocycles. The molecule has 8 heteroatoms. The number of carbonyl (C=O) groups excluding carboxylic acids is 2. The number of imidazole rings is 1. The maximum Gasteiger partial charge on any atom is 0.255 e. The number of pyridine rings is 1. The van der Waals surface area contributed by atoms with E-state index in [1.54, 1.807) is 12.5 Å². The van der Waals surface area contributed by atoms with E-state index in [4.69, 9.17) is 0 Å². The van der Waals surface area contributed by atoms with Crippen LogP contribution >= 0.6 is 0 Å². The number of piperidine rings is 1. The van der Waals surface area contributed by atoms with Crippen LogP contribution < -0.4 is 10.6 Å². The molecule has 0 unspecified atom stereocenters. The van der Waals surface area contributed by atoms with E-state index >= 15 is 0 Å². The van der Waals surface area contributed by atoms with Crippen molar-refractivity contribution in [3.8, 4) is 0 Å². The zero-order chi connectivity index (χ0) is 21.3. The van der Waals surface area contributed by atoms with Gasteiger partial charge in [-0.25, -0.2) is 9.97 Å². The molecular weight excluding hydrogens is 392 g/mol. The molecule has 5 rings (SSSR count). The first-order valence-corrected chi connectivity index (χ1v) is 10.8. The fourth-order valence-corrected chi connectivity index (χ4v) is 4.53. The van der Waals surface area contributed by atoms with Gasteiger partial charge in [-0.2, -0.15) is 0 Å². The van der Waals surface area contributed by atoms with Crippen molar-refractivity contribution in [3.05, 3.63) is 60.0 Å². The summed E-state index contributed by atoms with van der Waals surface area (Å²) in [5.41, 5.74) is 2.78. The number of nitrogens with one attached hydrogen (secondary N) is 2. The van der Waals surface area contributed by atoms with Gasteiger partial charge in [-0.3, -0.25) is 9.59 Å². The van der Waals surface area contributed by atoms with Gasteiger partial charge in [-0.15, -0.1) is 0 Å². The third-order valence-electron chi connectivity index (χ3n) is 6.40. The topological polar surface area (TPSA) is 92.2 Å². The lowest BCUT2D eigenvalue weighted by atomic mass is 9.85. The molecular formula is C23H26N6O2. The Labute approximate surface area is 180 Å². The van der Waals surface area contributed by atoms with Crippen LogP contribution in [0.5, 0.6) is 0 Å². The van der Waals surface area contributed by atoms with E-state index in [1.807, 2.05) is 33.7 Å². The molecule has 0 bridgehead atoms. The Morgan fingerprint density at radius 2 is 1.90 bits per heavy atom. The van der Waals surface area contributed by atoms with E-state index in [-0.39, 0.29) is 11.8 Å². The number of fused-ring (bicyclic) bond motifs is 1. The molecule has 8 nitrogen and oxygen atoms in total. The van der Waals surface area contributed by atoms with Crippen molar-refractivity contribution in [3.63, 3.8) is 0 Å². The number of rotatable bonds is 4. The van der Waals surface area contributed by atoms with Gasteiger partial charge in [0.25, 0.3) is 5.91 Å².